The van der Waals surface area contributed by atoms with Gasteiger partial charge in [-0.05, 0) is 38.1 Å². The van der Waals surface area contributed by atoms with Crippen molar-refractivity contribution in [3.63, 3.8) is 0 Å². The predicted octanol–water partition coefficient (Wildman–Crippen LogP) is 1.74. The highest BCUT2D eigenvalue weighted by molar-refractivity contribution is 5.98. The van der Waals surface area contributed by atoms with Gasteiger partial charge in [-0.25, -0.2) is 0 Å². The lowest BCUT2D eigenvalue weighted by molar-refractivity contribution is -0.142. The molecule has 1 aromatic rings. The molecular formula is C18H25N3O2. The molecule has 2 amide bonds. The predicted molar refractivity (Wildman–Crippen MR) is 90.3 cm³/mol. The Kier molecular flexibility index (Phi) is 4.96. The molecule has 0 saturated carbocycles. The maximum absolute atomic E-state index is 12.8. The van der Waals surface area contributed by atoms with Crippen molar-refractivity contribution in [2.45, 2.75) is 32.2 Å². The normalized spacial score (nSPS) is 23.2. The lowest BCUT2D eigenvalue weighted by atomic mass is 10.0. The van der Waals surface area contributed by atoms with Crippen molar-refractivity contribution in [2.24, 2.45) is 0 Å². The zero-order valence-electron chi connectivity index (χ0n) is 13.8. The molecule has 1 atom stereocenters. The van der Waals surface area contributed by atoms with Gasteiger partial charge < -0.3 is 9.80 Å². The van der Waals surface area contributed by atoms with Crippen LogP contribution in [0.15, 0.2) is 30.3 Å². The summed E-state index contributed by atoms with van der Waals surface area (Å²) in [6, 6.07) is 9.65. The monoisotopic (exact) mass is 315 g/mol. The van der Waals surface area contributed by atoms with Crippen molar-refractivity contribution in [1.29, 1.82) is 0 Å². The van der Waals surface area contributed by atoms with Crippen molar-refractivity contribution < 1.29 is 9.59 Å². The van der Waals surface area contributed by atoms with Crippen LogP contribution in [-0.4, -0.2) is 60.4 Å². The van der Waals surface area contributed by atoms with E-state index in [4.69, 9.17) is 0 Å². The number of amides is 2. The summed E-state index contributed by atoms with van der Waals surface area (Å²) < 4.78 is 0. The Bertz CT molecular complexity index is 561. The molecule has 2 aliphatic rings. The fourth-order valence-corrected chi connectivity index (χ4v) is 3.60. The molecule has 1 unspecified atom stereocenters. The molecule has 0 radical (unpaired) electrons. The first-order chi connectivity index (χ1) is 11.2. The van der Waals surface area contributed by atoms with Crippen LogP contribution in [0, 0.1) is 0 Å². The second kappa shape index (κ2) is 7.13. The summed E-state index contributed by atoms with van der Waals surface area (Å²) in [6.07, 6.45) is 3.18. The van der Waals surface area contributed by atoms with Crippen molar-refractivity contribution in [3.8, 4) is 0 Å². The van der Waals surface area contributed by atoms with Crippen molar-refractivity contribution in [2.75, 3.05) is 37.6 Å². The van der Waals surface area contributed by atoms with Crippen LogP contribution in [0.1, 0.15) is 26.2 Å². The molecule has 2 fully saturated rings. The molecule has 23 heavy (non-hydrogen) atoms. The molecule has 0 N–H and O–H groups in total. The molecule has 0 spiro atoms. The van der Waals surface area contributed by atoms with Crippen LogP contribution in [-0.2, 0) is 9.59 Å². The number of piperazine rings is 1. The second-order valence-electron chi connectivity index (χ2n) is 6.28. The number of hydrogen-bond donors (Lipinski definition) is 0. The molecule has 2 saturated heterocycles. The van der Waals surface area contributed by atoms with Gasteiger partial charge in [0.25, 0.3) is 0 Å². The number of benzene rings is 1. The number of likely N-dealkylation sites (N-methyl/N-ethyl adjacent to an activating group) is 1. The van der Waals surface area contributed by atoms with Crippen LogP contribution in [0.2, 0.25) is 0 Å². The number of likely N-dealkylation sites (tertiary alicyclic amines) is 1. The van der Waals surface area contributed by atoms with E-state index in [0.29, 0.717) is 13.1 Å². The third kappa shape index (κ3) is 3.39. The molecule has 3 rings (SSSR count). The fraction of sp³-hybridized carbons (Fsp3) is 0.556. The average molecular weight is 315 g/mol. The fourth-order valence-electron chi connectivity index (χ4n) is 3.60. The van der Waals surface area contributed by atoms with Gasteiger partial charge in [-0.1, -0.05) is 31.5 Å². The van der Waals surface area contributed by atoms with E-state index in [2.05, 4.69) is 11.8 Å². The topological polar surface area (TPSA) is 43.9 Å². The standard InChI is InChI=1S/C18H25N3O2/c1-2-19-11-7-6-10-16(19)18(23)20-12-13-21(17(22)14-20)15-8-4-3-5-9-15/h3-5,8-9,16H,2,6-7,10-14H2,1H3. The summed E-state index contributed by atoms with van der Waals surface area (Å²) in [5, 5.41) is 0. The largest absolute Gasteiger partial charge is 0.330 e. The Balaban J connectivity index is 1.65. The van der Waals surface area contributed by atoms with E-state index >= 15 is 0 Å². The van der Waals surface area contributed by atoms with E-state index in [-0.39, 0.29) is 24.4 Å². The van der Waals surface area contributed by atoms with Crippen molar-refractivity contribution >= 4 is 17.5 Å². The molecule has 2 aliphatic heterocycles. The van der Waals surface area contributed by atoms with Gasteiger partial charge in [0.1, 0.15) is 6.54 Å². The maximum atomic E-state index is 12.8. The SMILES string of the molecule is CCN1CCCCC1C(=O)N1CCN(c2ccccc2)C(=O)C1. The minimum Gasteiger partial charge on any atom is -0.330 e. The third-order valence-electron chi connectivity index (χ3n) is 4.91. The molecule has 0 bridgehead atoms. The van der Waals surface area contributed by atoms with E-state index in [0.717, 1.165) is 31.6 Å². The maximum Gasteiger partial charge on any atom is 0.246 e. The van der Waals surface area contributed by atoms with Crippen molar-refractivity contribution in [3.05, 3.63) is 30.3 Å². The number of hydrogen-bond acceptors (Lipinski definition) is 3. The number of para-hydroxylation sites is 1. The van der Waals surface area contributed by atoms with Gasteiger partial charge in [0.05, 0.1) is 6.04 Å². The number of carbonyl (C=O) groups is 2. The summed E-state index contributed by atoms with van der Waals surface area (Å²) in [5.74, 6) is 0.141. The van der Waals surface area contributed by atoms with Gasteiger partial charge in [0.15, 0.2) is 0 Å². The van der Waals surface area contributed by atoms with Crippen molar-refractivity contribution in [1.82, 2.24) is 9.80 Å². The van der Waals surface area contributed by atoms with Crippen LogP contribution >= 0.6 is 0 Å². The molecule has 0 aliphatic carbocycles. The zero-order chi connectivity index (χ0) is 16.2. The quantitative estimate of drug-likeness (QED) is 0.853. The van der Waals surface area contributed by atoms with Gasteiger partial charge in [-0.2, -0.15) is 0 Å². The highest BCUT2D eigenvalue weighted by Crippen LogP contribution is 2.21. The summed E-state index contributed by atoms with van der Waals surface area (Å²) in [5.41, 5.74) is 0.914. The van der Waals surface area contributed by atoms with Crippen LogP contribution in [0.4, 0.5) is 5.69 Å². The zero-order valence-corrected chi connectivity index (χ0v) is 13.8. The highest BCUT2D eigenvalue weighted by Gasteiger charge is 2.35. The number of nitrogens with zero attached hydrogens (tertiary/aromatic N) is 3. The molecule has 2 heterocycles. The summed E-state index contributed by atoms with van der Waals surface area (Å²) in [6.45, 7) is 5.38. The van der Waals surface area contributed by atoms with Crippen LogP contribution in [0.5, 0.6) is 0 Å². The molecule has 124 valence electrons. The average Bonchev–Trinajstić information content (AvgIpc) is 2.61. The Morgan fingerprint density at radius 3 is 2.61 bits per heavy atom. The summed E-state index contributed by atoms with van der Waals surface area (Å²) >= 11 is 0. The minimum absolute atomic E-state index is 0.00894. The minimum atomic E-state index is -0.0372. The molecule has 0 aromatic heterocycles. The second-order valence-corrected chi connectivity index (χ2v) is 6.28. The highest BCUT2D eigenvalue weighted by atomic mass is 16.2. The molecule has 5 nitrogen and oxygen atoms in total. The van der Waals surface area contributed by atoms with Gasteiger partial charge >= 0.3 is 0 Å². The first-order valence-corrected chi connectivity index (χ1v) is 8.59. The van der Waals surface area contributed by atoms with Gasteiger partial charge in [-0.3, -0.25) is 14.5 Å². The number of piperidine rings is 1. The number of rotatable bonds is 3. The van der Waals surface area contributed by atoms with E-state index in [1.807, 2.05) is 30.3 Å². The van der Waals surface area contributed by atoms with E-state index < -0.39 is 0 Å². The first kappa shape index (κ1) is 16.0. The Labute approximate surface area is 137 Å². The molecule has 1 aromatic carbocycles. The third-order valence-corrected chi connectivity index (χ3v) is 4.91. The van der Waals surface area contributed by atoms with Crippen LogP contribution in [0.3, 0.4) is 0 Å². The summed E-state index contributed by atoms with van der Waals surface area (Å²) in [7, 11) is 0. The number of anilines is 1. The smallest absolute Gasteiger partial charge is 0.246 e. The van der Waals surface area contributed by atoms with Gasteiger partial charge in [0.2, 0.25) is 11.8 Å². The van der Waals surface area contributed by atoms with E-state index in [9.17, 15) is 9.59 Å². The van der Waals surface area contributed by atoms with Gasteiger partial charge in [-0.15, -0.1) is 0 Å². The Morgan fingerprint density at radius 1 is 1.13 bits per heavy atom. The lowest BCUT2D eigenvalue weighted by Gasteiger charge is -2.40. The molecule has 5 heteroatoms. The van der Waals surface area contributed by atoms with E-state index in [1.54, 1.807) is 9.80 Å². The molecular weight excluding hydrogens is 290 g/mol. The number of carbonyl (C=O) groups excluding carboxylic acids is 2. The first-order valence-electron chi connectivity index (χ1n) is 8.59. The van der Waals surface area contributed by atoms with Gasteiger partial charge in [0, 0.05) is 18.8 Å². The Morgan fingerprint density at radius 2 is 1.91 bits per heavy atom. The van der Waals surface area contributed by atoms with E-state index in [1.165, 1.54) is 6.42 Å². The lowest BCUT2D eigenvalue weighted by Crippen LogP contribution is -2.58. The van der Waals surface area contributed by atoms with Crippen LogP contribution < -0.4 is 4.90 Å². The van der Waals surface area contributed by atoms with Crippen LogP contribution in [0.25, 0.3) is 0 Å². The Hall–Kier alpha value is -1.88. The summed E-state index contributed by atoms with van der Waals surface area (Å²) in [4.78, 5) is 31.1.